The maximum Gasteiger partial charge on any atom is 0.298 e. The molecule has 0 spiro atoms. The number of benzene rings is 2. The molecule has 0 saturated carbocycles. The zero-order valence-electron chi connectivity index (χ0n) is 9.55. The predicted molar refractivity (Wildman–Crippen MR) is 67.8 cm³/mol. The van der Waals surface area contributed by atoms with E-state index in [9.17, 15) is 25.9 Å². The van der Waals surface area contributed by atoms with Gasteiger partial charge in [0.25, 0.3) is 20.2 Å². The first-order valence-corrected chi connectivity index (χ1v) is 8.04. The van der Waals surface area contributed by atoms with Crippen molar-refractivity contribution >= 4 is 42.4 Å². The topological polar surface area (TPSA) is 133 Å². The Hall–Kier alpha value is -1.88. The molecule has 0 atom stereocenters. The summed E-state index contributed by atoms with van der Waals surface area (Å²) in [5.74, 6) is 0. The highest BCUT2D eigenvalue weighted by atomic mass is 32.2. The zero-order valence-corrected chi connectivity index (χ0v) is 11.2. The van der Waals surface area contributed by atoms with Gasteiger partial charge in [0.2, 0.25) is 0 Å². The molecule has 2 aromatic carbocycles. The van der Waals surface area contributed by atoms with Crippen molar-refractivity contribution in [1.82, 2.24) is 0 Å². The molecular formula is C10H6N2O6S2. The molecule has 3 rings (SSSR count). The highest BCUT2D eigenvalue weighted by Gasteiger charge is 2.35. The summed E-state index contributed by atoms with van der Waals surface area (Å²) in [6.45, 7) is 0. The number of hydrogen-bond donors (Lipinski definition) is 2. The summed E-state index contributed by atoms with van der Waals surface area (Å²) in [5, 5.41) is 7.33. The van der Waals surface area contributed by atoms with Crippen LogP contribution in [0.3, 0.4) is 0 Å². The van der Waals surface area contributed by atoms with E-state index in [2.05, 4.69) is 10.2 Å². The third-order valence-electron chi connectivity index (χ3n) is 2.84. The summed E-state index contributed by atoms with van der Waals surface area (Å²) in [6.07, 6.45) is 0. The maximum absolute atomic E-state index is 11.5. The van der Waals surface area contributed by atoms with E-state index < -0.39 is 30.0 Å². The van der Waals surface area contributed by atoms with Gasteiger partial charge in [0.05, 0.1) is 0 Å². The summed E-state index contributed by atoms with van der Waals surface area (Å²) in [6, 6.07) is 5.88. The molecule has 0 aromatic heterocycles. The SMILES string of the molecule is O=S(=O)(O)c1c2c(c3ccccc3c1S(=O)(=O)O)N=N2. The lowest BCUT2D eigenvalue weighted by Crippen LogP contribution is -2.11. The van der Waals surface area contributed by atoms with Crippen molar-refractivity contribution in [2.75, 3.05) is 0 Å². The van der Waals surface area contributed by atoms with Crippen LogP contribution in [0.1, 0.15) is 0 Å². The van der Waals surface area contributed by atoms with Gasteiger partial charge in [0, 0.05) is 10.8 Å². The molecule has 0 fully saturated rings. The molecule has 0 saturated heterocycles. The molecule has 0 aliphatic carbocycles. The third kappa shape index (κ3) is 1.73. The van der Waals surface area contributed by atoms with E-state index in [1.165, 1.54) is 18.2 Å². The second-order valence-electron chi connectivity index (χ2n) is 4.05. The summed E-state index contributed by atoms with van der Waals surface area (Å²) in [4.78, 5) is -1.85. The van der Waals surface area contributed by atoms with Crippen LogP contribution in [0.25, 0.3) is 10.8 Å². The maximum atomic E-state index is 11.5. The molecule has 1 aliphatic rings. The monoisotopic (exact) mass is 314 g/mol. The van der Waals surface area contributed by atoms with Gasteiger partial charge >= 0.3 is 0 Å². The molecule has 0 bridgehead atoms. The van der Waals surface area contributed by atoms with Crippen LogP contribution in [0.15, 0.2) is 44.3 Å². The first kappa shape index (κ1) is 13.1. The minimum Gasteiger partial charge on any atom is -0.282 e. The Morgan fingerprint density at radius 1 is 0.750 bits per heavy atom. The fourth-order valence-electron chi connectivity index (χ4n) is 2.10. The molecule has 8 nitrogen and oxygen atoms in total. The van der Waals surface area contributed by atoms with Crippen LogP contribution in [-0.4, -0.2) is 25.9 Å². The summed E-state index contributed by atoms with van der Waals surface area (Å²) in [7, 11) is -9.79. The molecule has 0 radical (unpaired) electrons. The minimum absolute atomic E-state index is 0.0555. The molecule has 2 N–H and O–H groups in total. The smallest absolute Gasteiger partial charge is 0.282 e. The first-order valence-electron chi connectivity index (χ1n) is 5.16. The quantitative estimate of drug-likeness (QED) is 0.695. The molecule has 0 amide bonds. The number of fused-ring (bicyclic) bond motifs is 3. The van der Waals surface area contributed by atoms with Crippen molar-refractivity contribution in [3.63, 3.8) is 0 Å². The first-order chi connectivity index (χ1) is 9.21. The van der Waals surface area contributed by atoms with Crippen molar-refractivity contribution in [1.29, 1.82) is 0 Å². The van der Waals surface area contributed by atoms with E-state index in [0.717, 1.165) is 0 Å². The Morgan fingerprint density at radius 3 is 1.70 bits per heavy atom. The van der Waals surface area contributed by atoms with Crippen LogP contribution < -0.4 is 0 Å². The van der Waals surface area contributed by atoms with Crippen LogP contribution in [0.2, 0.25) is 0 Å². The Kier molecular flexibility index (Phi) is 2.51. The summed E-state index contributed by atoms with van der Waals surface area (Å²) in [5.41, 5.74) is -0.126. The van der Waals surface area contributed by atoms with Crippen LogP contribution >= 0.6 is 0 Å². The highest BCUT2D eigenvalue weighted by molar-refractivity contribution is 7.89. The number of nitrogens with zero attached hydrogens (tertiary/aromatic N) is 2. The van der Waals surface area contributed by atoms with E-state index in [0.29, 0.717) is 5.39 Å². The molecule has 0 unspecified atom stereocenters. The lowest BCUT2D eigenvalue weighted by molar-refractivity contribution is 0.467. The largest absolute Gasteiger partial charge is 0.298 e. The predicted octanol–water partition coefficient (Wildman–Crippen LogP) is 2.06. The van der Waals surface area contributed by atoms with E-state index in [-0.39, 0.29) is 16.8 Å². The standard InChI is InChI=1S/C10H6N2O6S2/c13-19(14,15)9-6-4-2-1-3-5(6)7-8(12-11-7)10(9)20(16,17)18/h1-4H,(H,13,14,15)(H,16,17,18). The van der Waals surface area contributed by atoms with Crippen molar-refractivity contribution in [3.8, 4) is 0 Å². The van der Waals surface area contributed by atoms with Gasteiger partial charge in [-0.1, -0.05) is 24.3 Å². The summed E-state index contributed by atoms with van der Waals surface area (Å²) < 4.78 is 64.4. The van der Waals surface area contributed by atoms with Gasteiger partial charge in [-0.05, 0) is 0 Å². The van der Waals surface area contributed by atoms with Gasteiger partial charge in [0.15, 0.2) is 0 Å². The zero-order chi connectivity index (χ0) is 14.7. The van der Waals surface area contributed by atoms with Gasteiger partial charge in [0.1, 0.15) is 21.2 Å². The Balaban J connectivity index is 2.68. The average molecular weight is 314 g/mol. The molecule has 2 aromatic rings. The lowest BCUT2D eigenvalue weighted by atomic mass is 10.1. The minimum atomic E-state index is -4.90. The number of rotatable bonds is 2. The van der Waals surface area contributed by atoms with Gasteiger partial charge < -0.3 is 0 Å². The molecule has 10 heteroatoms. The van der Waals surface area contributed by atoms with Crippen molar-refractivity contribution < 1.29 is 25.9 Å². The average Bonchev–Trinajstić information content (AvgIpc) is 2.25. The normalized spacial score (nSPS) is 14.1. The Bertz CT molecular complexity index is 992. The number of hydrogen-bond acceptors (Lipinski definition) is 6. The van der Waals surface area contributed by atoms with Crippen LogP contribution in [-0.2, 0) is 20.2 Å². The van der Waals surface area contributed by atoms with Gasteiger partial charge in [-0.15, -0.1) is 10.2 Å². The van der Waals surface area contributed by atoms with Crippen molar-refractivity contribution in [2.45, 2.75) is 9.79 Å². The molecular weight excluding hydrogens is 308 g/mol. The third-order valence-corrected chi connectivity index (χ3v) is 4.82. The molecule has 104 valence electrons. The fraction of sp³-hybridized carbons (Fsp3) is 0. The lowest BCUT2D eigenvalue weighted by Gasteiger charge is -2.17. The Labute approximate surface area is 113 Å². The molecule has 20 heavy (non-hydrogen) atoms. The second-order valence-corrected chi connectivity index (χ2v) is 6.77. The van der Waals surface area contributed by atoms with E-state index in [1.54, 1.807) is 6.07 Å². The Morgan fingerprint density at radius 2 is 1.25 bits per heavy atom. The van der Waals surface area contributed by atoms with E-state index in [4.69, 9.17) is 0 Å². The van der Waals surface area contributed by atoms with Crippen LogP contribution in [0.5, 0.6) is 0 Å². The number of azo groups is 1. The van der Waals surface area contributed by atoms with Gasteiger partial charge in [-0.3, -0.25) is 9.11 Å². The van der Waals surface area contributed by atoms with Crippen molar-refractivity contribution in [3.05, 3.63) is 24.3 Å². The summed E-state index contributed by atoms with van der Waals surface area (Å²) >= 11 is 0. The highest BCUT2D eigenvalue weighted by Crippen LogP contribution is 2.51. The van der Waals surface area contributed by atoms with Crippen LogP contribution in [0, 0.1) is 0 Å². The van der Waals surface area contributed by atoms with E-state index in [1.807, 2.05) is 0 Å². The molecule has 1 aliphatic heterocycles. The fourth-order valence-corrected chi connectivity index (χ4v) is 4.24. The van der Waals surface area contributed by atoms with E-state index >= 15 is 0 Å². The van der Waals surface area contributed by atoms with Crippen molar-refractivity contribution in [2.24, 2.45) is 10.2 Å². The van der Waals surface area contributed by atoms with Gasteiger partial charge in [-0.2, -0.15) is 16.8 Å². The molecule has 1 heterocycles. The second kappa shape index (κ2) is 3.82. The van der Waals surface area contributed by atoms with Gasteiger partial charge in [-0.25, -0.2) is 0 Å². The van der Waals surface area contributed by atoms with Crippen LogP contribution in [0.4, 0.5) is 11.4 Å².